The van der Waals surface area contributed by atoms with Gasteiger partial charge in [0.25, 0.3) is 11.8 Å². The number of rotatable bonds is 8. The molecular weight excluding hydrogens is 394 g/mol. The number of carbonyl (C=O) groups excluding carboxylic acids is 2. The van der Waals surface area contributed by atoms with Crippen molar-refractivity contribution in [2.75, 3.05) is 11.9 Å². The predicted octanol–water partition coefficient (Wildman–Crippen LogP) is 4.02. The maximum atomic E-state index is 12.5. The number of carbonyl (C=O) groups is 2. The second kappa shape index (κ2) is 10.2. The number of thiocarbonyl (C=S) groups is 1. The number of benzene rings is 1. The van der Waals surface area contributed by atoms with E-state index < -0.39 is 5.91 Å². The van der Waals surface area contributed by atoms with E-state index in [0.29, 0.717) is 34.9 Å². The van der Waals surface area contributed by atoms with E-state index in [1.54, 1.807) is 18.2 Å². The molecule has 0 aliphatic heterocycles. The Balaban J connectivity index is 2.07. The second-order valence-electron chi connectivity index (χ2n) is 6.20. The Bertz CT molecular complexity index is 878. The Morgan fingerprint density at radius 1 is 1.29 bits per heavy atom. The van der Waals surface area contributed by atoms with Crippen molar-refractivity contribution in [3.8, 4) is 5.75 Å². The first-order chi connectivity index (χ1) is 13.4. The van der Waals surface area contributed by atoms with Crippen molar-refractivity contribution in [1.82, 2.24) is 5.32 Å². The number of nitrogens with two attached hydrogens (primary N) is 1. The fourth-order valence-electron chi connectivity index (χ4n) is 2.72. The van der Waals surface area contributed by atoms with Crippen LogP contribution in [-0.2, 0) is 6.42 Å². The SMILES string of the molecule is CCCCOc1cccc(C(=O)NC(=S)Nc2sc(C)c(CC)c2C(N)=O)c1. The molecule has 0 unspecified atom stereocenters. The highest BCUT2D eigenvalue weighted by Gasteiger charge is 2.20. The van der Waals surface area contributed by atoms with Crippen molar-refractivity contribution in [2.45, 2.75) is 40.0 Å². The zero-order chi connectivity index (χ0) is 20.7. The molecule has 150 valence electrons. The number of anilines is 1. The molecule has 28 heavy (non-hydrogen) atoms. The summed E-state index contributed by atoms with van der Waals surface area (Å²) in [6, 6.07) is 6.92. The van der Waals surface area contributed by atoms with Gasteiger partial charge in [0.15, 0.2) is 5.11 Å². The molecule has 6 nitrogen and oxygen atoms in total. The molecule has 0 fully saturated rings. The lowest BCUT2D eigenvalue weighted by molar-refractivity contribution is 0.0975. The van der Waals surface area contributed by atoms with Crippen molar-refractivity contribution in [3.05, 3.63) is 45.8 Å². The lowest BCUT2D eigenvalue weighted by atomic mass is 10.1. The maximum Gasteiger partial charge on any atom is 0.257 e. The van der Waals surface area contributed by atoms with Crippen LogP contribution in [0.3, 0.4) is 0 Å². The Hall–Kier alpha value is -2.45. The number of aryl methyl sites for hydroxylation is 1. The highest BCUT2D eigenvalue weighted by atomic mass is 32.1. The molecule has 0 saturated heterocycles. The van der Waals surface area contributed by atoms with Crippen LogP contribution in [0.4, 0.5) is 5.00 Å². The Morgan fingerprint density at radius 2 is 2.04 bits per heavy atom. The van der Waals surface area contributed by atoms with Gasteiger partial charge in [0.1, 0.15) is 10.8 Å². The van der Waals surface area contributed by atoms with Crippen LogP contribution >= 0.6 is 23.6 Å². The van der Waals surface area contributed by atoms with Crippen molar-refractivity contribution >= 4 is 45.5 Å². The van der Waals surface area contributed by atoms with E-state index in [2.05, 4.69) is 17.6 Å². The second-order valence-corrected chi connectivity index (χ2v) is 7.83. The Morgan fingerprint density at radius 3 is 2.68 bits per heavy atom. The smallest absolute Gasteiger partial charge is 0.257 e. The number of primary amides is 1. The molecule has 8 heteroatoms. The molecule has 1 heterocycles. The third-order valence-corrected chi connectivity index (χ3v) is 5.39. The average Bonchev–Trinajstić information content (AvgIpc) is 2.97. The molecule has 0 aliphatic rings. The fraction of sp³-hybridized carbons (Fsp3) is 0.350. The van der Waals surface area contributed by atoms with Crippen LogP contribution in [0.1, 0.15) is 57.8 Å². The van der Waals surface area contributed by atoms with Crippen molar-refractivity contribution < 1.29 is 14.3 Å². The van der Waals surface area contributed by atoms with E-state index in [0.717, 1.165) is 23.3 Å². The summed E-state index contributed by atoms with van der Waals surface area (Å²) in [7, 11) is 0. The van der Waals surface area contributed by atoms with Crippen LogP contribution in [0, 0.1) is 6.92 Å². The minimum Gasteiger partial charge on any atom is -0.494 e. The van der Waals surface area contributed by atoms with E-state index in [4.69, 9.17) is 22.7 Å². The lowest BCUT2D eigenvalue weighted by Gasteiger charge is -2.11. The van der Waals surface area contributed by atoms with Gasteiger partial charge in [-0.1, -0.05) is 26.3 Å². The maximum absolute atomic E-state index is 12.5. The monoisotopic (exact) mass is 419 g/mol. The van der Waals surface area contributed by atoms with Crippen molar-refractivity contribution in [3.63, 3.8) is 0 Å². The summed E-state index contributed by atoms with van der Waals surface area (Å²) < 4.78 is 5.63. The minimum absolute atomic E-state index is 0.105. The number of unbranched alkanes of at least 4 members (excludes halogenated alkanes) is 1. The summed E-state index contributed by atoms with van der Waals surface area (Å²) in [5.74, 6) is -0.240. The number of nitrogens with one attached hydrogen (secondary N) is 2. The molecule has 0 aliphatic carbocycles. The molecule has 4 N–H and O–H groups in total. The largest absolute Gasteiger partial charge is 0.494 e. The molecule has 0 bridgehead atoms. The van der Waals surface area contributed by atoms with E-state index in [-0.39, 0.29) is 11.0 Å². The number of thiophene rings is 1. The molecule has 0 radical (unpaired) electrons. The summed E-state index contributed by atoms with van der Waals surface area (Å²) in [6.07, 6.45) is 2.67. The van der Waals surface area contributed by atoms with Crippen LogP contribution < -0.4 is 21.1 Å². The topological polar surface area (TPSA) is 93.4 Å². The predicted molar refractivity (Wildman–Crippen MR) is 117 cm³/mol. The van der Waals surface area contributed by atoms with Gasteiger partial charge >= 0.3 is 0 Å². The molecule has 0 atom stereocenters. The summed E-state index contributed by atoms with van der Waals surface area (Å²) in [5.41, 5.74) is 7.28. The molecule has 1 aromatic heterocycles. The van der Waals surface area contributed by atoms with Gasteiger partial charge in [-0.15, -0.1) is 11.3 Å². The van der Waals surface area contributed by atoms with E-state index in [9.17, 15) is 9.59 Å². The van der Waals surface area contributed by atoms with E-state index in [1.165, 1.54) is 11.3 Å². The lowest BCUT2D eigenvalue weighted by Crippen LogP contribution is -2.34. The van der Waals surface area contributed by atoms with Gasteiger partial charge in [-0.25, -0.2) is 0 Å². The zero-order valence-electron chi connectivity index (χ0n) is 16.3. The van der Waals surface area contributed by atoms with Gasteiger partial charge in [0, 0.05) is 10.4 Å². The summed E-state index contributed by atoms with van der Waals surface area (Å²) >= 11 is 6.63. The van der Waals surface area contributed by atoms with Gasteiger partial charge < -0.3 is 15.8 Å². The number of hydrogen-bond donors (Lipinski definition) is 3. The molecule has 1 aromatic carbocycles. The molecule has 2 amide bonds. The highest BCUT2D eigenvalue weighted by Crippen LogP contribution is 2.33. The Labute approximate surface area is 174 Å². The summed E-state index contributed by atoms with van der Waals surface area (Å²) in [4.78, 5) is 25.3. The molecule has 0 saturated carbocycles. The fourth-order valence-corrected chi connectivity index (χ4v) is 4.14. The van der Waals surface area contributed by atoms with Crippen LogP contribution in [0.25, 0.3) is 0 Å². The van der Waals surface area contributed by atoms with Gasteiger partial charge in [0.2, 0.25) is 0 Å². The first kappa shape index (κ1) is 21.8. The third kappa shape index (κ3) is 5.53. The standard InChI is InChI=1S/C20H25N3O3S2/c1-4-6-10-26-14-9-7-8-13(11-14)18(25)22-20(27)23-19-16(17(21)24)15(5-2)12(3)28-19/h7-9,11H,4-6,10H2,1-3H3,(H2,21,24)(H2,22,23,25,27). The highest BCUT2D eigenvalue weighted by molar-refractivity contribution is 7.80. The van der Waals surface area contributed by atoms with Gasteiger partial charge in [-0.2, -0.15) is 0 Å². The molecule has 2 aromatic rings. The van der Waals surface area contributed by atoms with Crippen molar-refractivity contribution in [1.29, 1.82) is 0 Å². The van der Waals surface area contributed by atoms with Gasteiger partial charge in [-0.3, -0.25) is 14.9 Å². The first-order valence-corrected chi connectivity index (χ1v) is 10.4. The quantitative estimate of drug-likeness (QED) is 0.444. The van der Waals surface area contributed by atoms with E-state index >= 15 is 0 Å². The van der Waals surface area contributed by atoms with Crippen molar-refractivity contribution in [2.24, 2.45) is 5.73 Å². The van der Waals surface area contributed by atoms with Crippen LogP contribution in [-0.4, -0.2) is 23.5 Å². The Kier molecular flexibility index (Phi) is 7.95. The normalized spacial score (nSPS) is 10.4. The van der Waals surface area contributed by atoms with Gasteiger partial charge in [-0.05, 0) is 55.7 Å². The third-order valence-electron chi connectivity index (χ3n) is 4.13. The number of amides is 2. The summed E-state index contributed by atoms with van der Waals surface area (Å²) in [5, 5.41) is 6.21. The average molecular weight is 420 g/mol. The van der Waals surface area contributed by atoms with E-state index in [1.807, 2.05) is 19.9 Å². The molecule has 2 rings (SSSR count). The summed E-state index contributed by atoms with van der Waals surface area (Å²) in [6.45, 7) is 6.58. The zero-order valence-corrected chi connectivity index (χ0v) is 17.9. The number of ether oxygens (including phenoxy) is 1. The number of hydrogen-bond acceptors (Lipinski definition) is 5. The molecule has 0 spiro atoms. The van der Waals surface area contributed by atoms with Gasteiger partial charge in [0.05, 0.1) is 12.2 Å². The van der Waals surface area contributed by atoms with Crippen LogP contribution in [0.5, 0.6) is 5.75 Å². The van der Waals surface area contributed by atoms with Crippen LogP contribution in [0.2, 0.25) is 0 Å². The minimum atomic E-state index is -0.519. The first-order valence-electron chi connectivity index (χ1n) is 9.14. The van der Waals surface area contributed by atoms with Crippen LogP contribution in [0.15, 0.2) is 24.3 Å². The molecular formula is C20H25N3O3S2.